The normalized spacial score (nSPS) is 18.5. The third-order valence-corrected chi connectivity index (χ3v) is 2.52. The Kier molecular flexibility index (Phi) is 3.75. The van der Waals surface area contributed by atoms with Gasteiger partial charge in [-0.1, -0.05) is 19.3 Å². The number of esters is 1. The molecule has 3 heteroatoms. The smallest absolute Gasteiger partial charge is 0.323 e. The van der Waals surface area contributed by atoms with Crippen LogP contribution in [0.3, 0.4) is 0 Å². The summed E-state index contributed by atoms with van der Waals surface area (Å²) in [7, 11) is 0. The fourth-order valence-electron chi connectivity index (χ4n) is 1.51. The van der Waals surface area contributed by atoms with E-state index in [9.17, 15) is 4.79 Å². The number of carbonyl (C=O) groups excluding carboxylic acids is 1. The summed E-state index contributed by atoms with van der Waals surface area (Å²) in [5.74, 6) is -0.309. The van der Waals surface area contributed by atoms with Gasteiger partial charge in [-0.05, 0) is 19.3 Å². The number of nitriles is 1. The van der Waals surface area contributed by atoms with E-state index in [4.69, 9.17) is 10.00 Å². The molecule has 13 heavy (non-hydrogen) atoms. The van der Waals surface area contributed by atoms with Gasteiger partial charge in [-0.25, -0.2) is 0 Å². The Bertz CT molecular complexity index is 215. The molecule has 0 amide bonds. The van der Waals surface area contributed by atoms with Crippen LogP contribution >= 0.6 is 0 Å². The van der Waals surface area contributed by atoms with Gasteiger partial charge < -0.3 is 4.74 Å². The van der Waals surface area contributed by atoms with Gasteiger partial charge >= 0.3 is 5.97 Å². The Morgan fingerprint density at radius 2 is 2.38 bits per heavy atom. The first-order valence-electron chi connectivity index (χ1n) is 4.84. The summed E-state index contributed by atoms with van der Waals surface area (Å²) in [5, 5.41) is 8.74. The SMILES string of the molecule is CCOC(=O)C(C#N)CC1CCC1. The third kappa shape index (κ3) is 2.73. The zero-order valence-electron chi connectivity index (χ0n) is 7.95. The summed E-state index contributed by atoms with van der Waals surface area (Å²) < 4.78 is 4.80. The molecule has 1 aliphatic rings. The third-order valence-electron chi connectivity index (χ3n) is 2.52. The molecule has 0 N–H and O–H groups in total. The van der Waals surface area contributed by atoms with Gasteiger partial charge in [-0.3, -0.25) is 4.79 Å². The molecule has 0 aliphatic heterocycles. The van der Waals surface area contributed by atoms with Gasteiger partial charge in [0.05, 0.1) is 12.7 Å². The lowest BCUT2D eigenvalue weighted by Crippen LogP contribution is -2.22. The number of hydrogen-bond acceptors (Lipinski definition) is 3. The van der Waals surface area contributed by atoms with Crippen molar-refractivity contribution < 1.29 is 9.53 Å². The first-order chi connectivity index (χ1) is 6.27. The average Bonchev–Trinajstić information content (AvgIpc) is 2.03. The monoisotopic (exact) mass is 181 g/mol. The van der Waals surface area contributed by atoms with E-state index in [1.54, 1.807) is 6.92 Å². The maximum absolute atomic E-state index is 11.2. The molecule has 1 aliphatic carbocycles. The molecule has 0 bridgehead atoms. The molecule has 0 spiro atoms. The molecule has 0 radical (unpaired) electrons. The standard InChI is InChI=1S/C10H15NO2/c1-2-13-10(12)9(7-11)6-8-4-3-5-8/h8-9H,2-6H2,1H3. The van der Waals surface area contributed by atoms with Crippen molar-refractivity contribution in [1.82, 2.24) is 0 Å². The lowest BCUT2D eigenvalue weighted by atomic mass is 9.79. The predicted octanol–water partition coefficient (Wildman–Crippen LogP) is 1.88. The van der Waals surface area contributed by atoms with E-state index in [0.717, 1.165) is 12.8 Å². The second-order valence-corrected chi connectivity index (χ2v) is 3.47. The van der Waals surface area contributed by atoms with Crippen LogP contribution in [0.25, 0.3) is 0 Å². The molecular weight excluding hydrogens is 166 g/mol. The molecule has 1 rings (SSSR count). The van der Waals surface area contributed by atoms with Crippen molar-refractivity contribution in [3.63, 3.8) is 0 Å². The van der Waals surface area contributed by atoms with Gasteiger partial charge in [0.25, 0.3) is 0 Å². The van der Waals surface area contributed by atoms with E-state index < -0.39 is 5.92 Å². The van der Waals surface area contributed by atoms with Crippen LogP contribution in [0.2, 0.25) is 0 Å². The molecular formula is C10H15NO2. The predicted molar refractivity (Wildman–Crippen MR) is 47.7 cm³/mol. The van der Waals surface area contributed by atoms with E-state index in [1.165, 1.54) is 6.42 Å². The van der Waals surface area contributed by atoms with Gasteiger partial charge in [0, 0.05) is 0 Å². The molecule has 1 atom stereocenters. The van der Waals surface area contributed by atoms with Crippen LogP contribution in [0.1, 0.15) is 32.6 Å². The van der Waals surface area contributed by atoms with E-state index in [-0.39, 0.29) is 5.97 Å². The Hall–Kier alpha value is -1.04. The Morgan fingerprint density at radius 3 is 2.77 bits per heavy atom. The summed E-state index contributed by atoms with van der Waals surface area (Å²) in [6, 6.07) is 2.01. The largest absolute Gasteiger partial charge is 0.465 e. The van der Waals surface area contributed by atoms with E-state index in [2.05, 4.69) is 0 Å². The van der Waals surface area contributed by atoms with Crippen LogP contribution in [-0.4, -0.2) is 12.6 Å². The van der Waals surface area contributed by atoms with Crippen molar-refractivity contribution in [3.05, 3.63) is 0 Å². The first-order valence-corrected chi connectivity index (χ1v) is 4.84. The molecule has 0 aromatic heterocycles. The highest BCUT2D eigenvalue weighted by Gasteiger charge is 2.27. The highest BCUT2D eigenvalue weighted by molar-refractivity contribution is 5.75. The van der Waals surface area contributed by atoms with Crippen LogP contribution in [0.5, 0.6) is 0 Å². The molecule has 0 saturated heterocycles. The Labute approximate surface area is 78.7 Å². The van der Waals surface area contributed by atoms with Crippen LogP contribution in [0.4, 0.5) is 0 Å². The van der Waals surface area contributed by atoms with Crippen molar-refractivity contribution in [1.29, 1.82) is 5.26 Å². The number of rotatable bonds is 4. The molecule has 1 fully saturated rings. The molecule has 72 valence electrons. The van der Waals surface area contributed by atoms with E-state index in [1.807, 2.05) is 6.07 Å². The lowest BCUT2D eigenvalue weighted by Gasteiger charge is -2.26. The minimum atomic E-state index is -0.537. The fraction of sp³-hybridized carbons (Fsp3) is 0.800. The Balaban J connectivity index is 2.33. The molecule has 3 nitrogen and oxygen atoms in total. The lowest BCUT2D eigenvalue weighted by molar-refractivity contribution is -0.146. The van der Waals surface area contributed by atoms with Crippen LogP contribution in [0.15, 0.2) is 0 Å². The molecule has 0 heterocycles. The zero-order valence-corrected chi connectivity index (χ0v) is 7.95. The summed E-state index contributed by atoms with van der Waals surface area (Å²) in [4.78, 5) is 11.2. The summed E-state index contributed by atoms with van der Waals surface area (Å²) in [5.41, 5.74) is 0. The van der Waals surface area contributed by atoms with Gasteiger partial charge in [-0.15, -0.1) is 0 Å². The highest BCUT2D eigenvalue weighted by Crippen LogP contribution is 2.32. The van der Waals surface area contributed by atoms with Crippen LogP contribution in [0, 0.1) is 23.2 Å². The highest BCUT2D eigenvalue weighted by atomic mass is 16.5. The maximum atomic E-state index is 11.2. The average molecular weight is 181 g/mol. The number of ether oxygens (including phenoxy) is 1. The van der Waals surface area contributed by atoms with Gasteiger partial charge in [0.1, 0.15) is 5.92 Å². The topological polar surface area (TPSA) is 50.1 Å². The Morgan fingerprint density at radius 1 is 1.69 bits per heavy atom. The van der Waals surface area contributed by atoms with Crippen molar-refractivity contribution in [2.24, 2.45) is 11.8 Å². The van der Waals surface area contributed by atoms with Crippen LogP contribution < -0.4 is 0 Å². The second-order valence-electron chi connectivity index (χ2n) is 3.47. The summed E-state index contributed by atoms with van der Waals surface area (Å²) in [6.07, 6.45) is 4.26. The zero-order chi connectivity index (χ0) is 9.68. The van der Waals surface area contributed by atoms with Crippen molar-refractivity contribution in [3.8, 4) is 6.07 Å². The van der Waals surface area contributed by atoms with Gasteiger partial charge in [-0.2, -0.15) is 5.26 Å². The second kappa shape index (κ2) is 4.86. The van der Waals surface area contributed by atoms with Gasteiger partial charge in [0.2, 0.25) is 0 Å². The quantitative estimate of drug-likeness (QED) is 0.622. The van der Waals surface area contributed by atoms with Crippen molar-refractivity contribution in [2.75, 3.05) is 6.61 Å². The van der Waals surface area contributed by atoms with Gasteiger partial charge in [0.15, 0.2) is 0 Å². The first kappa shape index (κ1) is 10.0. The minimum Gasteiger partial charge on any atom is -0.465 e. The molecule has 1 saturated carbocycles. The summed E-state index contributed by atoms with van der Waals surface area (Å²) in [6.45, 7) is 2.12. The number of nitrogens with zero attached hydrogens (tertiary/aromatic N) is 1. The van der Waals surface area contributed by atoms with Crippen molar-refractivity contribution >= 4 is 5.97 Å². The van der Waals surface area contributed by atoms with E-state index >= 15 is 0 Å². The minimum absolute atomic E-state index is 0.350. The fourth-order valence-corrected chi connectivity index (χ4v) is 1.51. The van der Waals surface area contributed by atoms with E-state index in [0.29, 0.717) is 18.9 Å². The van der Waals surface area contributed by atoms with Crippen LogP contribution in [-0.2, 0) is 9.53 Å². The maximum Gasteiger partial charge on any atom is 0.323 e. The molecule has 0 aromatic carbocycles. The molecule has 0 aromatic rings. The van der Waals surface area contributed by atoms with Crippen molar-refractivity contribution in [2.45, 2.75) is 32.6 Å². The number of hydrogen-bond donors (Lipinski definition) is 0. The summed E-state index contributed by atoms with van der Waals surface area (Å²) >= 11 is 0. The molecule has 1 unspecified atom stereocenters. The number of carbonyl (C=O) groups is 1.